The van der Waals surface area contributed by atoms with Gasteiger partial charge in [0, 0.05) is 18.2 Å². The number of nitrogens with two attached hydrogens (primary N) is 1. The Morgan fingerprint density at radius 1 is 1.24 bits per heavy atom. The molecule has 5 heteroatoms. The molecule has 1 aromatic carbocycles. The molecule has 0 radical (unpaired) electrons. The number of benzene rings is 1. The number of quaternary nitrogens is 1. The molecule has 0 unspecified atom stereocenters. The SMILES string of the molecule is C1CC[NH2+]CC1.CCc1cc(NC(C)=O)ccc1C(=O)[O-]. The van der Waals surface area contributed by atoms with Gasteiger partial charge < -0.3 is 20.5 Å². The van der Waals surface area contributed by atoms with Gasteiger partial charge in [0.1, 0.15) is 0 Å². The molecule has 0 spiro atoms. The van der Waals surface area contributed by atoms with E-state index in [0.717, 1.165) is 0 Å². The fourth-order valence-electron chi connectivity index (χ4n) is 2.26. The van der Waals surface area contributed by atoms with Crippen LogP contribution in [-0.4, -0.2) is 25.0 Å². The van der Waals surface area contributed by atoms with Crippen LogP contribution in [0, 0.1) is 0 Å². The number of nitrogens with one attached hydrogen (secondary N) is 1. The monoisotopic (exact) mass is 292 g/mol. The van der Waals surface area contributed by atoms with Crippen LogP contribution in [-0.2, 0) is 11.2 Å². The second kappa shape index (κ2) is 9.13. The number of rotatable bonds is 3. The average Bonchev–Trinajstić information content (AvgIpc) is 2.48. The van der Waals surface area contributed by atoms with E-state index in [0.29, 0.717) is 17.7 Å². The summed E-state index contributed by atoms with van der Waals surface area (Å²) in [6, 6.07) is 4.64. The van der Waals surface area contributed by atoms with Crippen LogP contribution in [0.3, 0.4) is 0 Å². The van der Waals surface area contributed by atoms with Crippen LogP contribution in [0.1, 0.15) is 49.0 Å². The lowest BCUT2D eigenvalue weighted by Gasteiger charge is -2.11. The van der Waals surface area contributed by atoms with E-state index >= 15 is 0 Å². The zero-order valence-corrected chi connectivity index (χ0v) is 12.8. The number of carboxylic acid groups (broad SMARTS) is 1. The summed E-state index contributed by atoms with van der Waals surface area (Å²) in [6.07, 6.45) is 4.94. The number of anilines is 1. The molecular formula is C16H24N2O3. The number of hydrogen-bond acceptors (Lipinski definition) is 3. The third-order valence-corrected chi connectivity index (χ3v) is 3.34. The summed E-state index contributed by atoms with van der Waals surface area (Å²) in [4.78, 5) is 21.5. The lowest BCUT2D eigenvalue weighted by atomic mass is 10.0. The molecule has 1 heterocycles. The zero-order chi connectivity index (χ0) is 15.7. The van der Waals surface area contributed by atoms with E-state index in [2.05, 4.69) is 10.6 Å². The quantitative estimate of drug-likeness (QED) is 0.840. The van der Waals surface area contributed by atoms with Gasteiger partial charge in [0.25, 0.3) is 0 Å². The van der Waals surface area contributed by atoms with E-state index in [1.807, 2.05) is 6.92 Å². The fourth-order valence-corrected chi connectivity index (χ4v) is 2.26. The number of carboxylic acids is 1. The third-order valence-electron chi connectivity index (χ3n) is 3.34. The minimum atomic E-state index is -1.19. The third kappa shape index (κ3) is 6.40. The van der Waals surface area contributed by atoms with Gasteiger partial charge in [0.15, 0.2) is 0 Å². The Morgan fingerprint density at radius 2 is 1.90 bits per heavy atom. The molecule has 3 N–H and O–H groups in total. The standard InChI is InChI=1S/C11H13NO3.C5H11N/c1-3-8-6-9(12-7(2)13)4-5-10(8)11(14)15;1-2-4-6-5-3-1/h4-6H,3H2,1-2H3,(H,12,13)(H,14,15);6H,1-5H2. The van der Waals surface area contributed by atoms with Crippen molar-refractivity contribution < 1.29 is 20.0 Å². The highest BCUT2D eigenvalue weighted by Gasteiger charge is 2.04. The molecule has 5 nitrogen and oxygen atoms in total. The number of carbonyl (C=O) groups is 2. The summed E-state index contributed by atoms with van der Waals surface area (Å²) in [5, 5.41) is 15.7. The van der Waals surface area contributed by atoms with Crippen LogP contribution in [0.5, 0.6) is 0 Å². The van der Waals surface area contributed by atoms with Crippen LogP contribution in [0.4, 0.5) is 5.69 Å². The Kier molecular flexibility index (Phi) is 7.46. The van der Waals surface area contributed by atoms with Crippen LogP contribution in [0.2, 0.25) is 0 Å². The fraction of sp³-hybridized carbons (Fsp3) is 0.500. The van der Waals surface area contributed by atoms with E-state index in [4.69, 9.17) is 0 Å². The van der Waals surface area contributed by atoms with Crippen LogP contribution >= 0.6 is 0 Å². The second-order valence-corrected chi connectivity index (χ2v) is 5.12. The van der Waals surface area contributed by atoms with Crippen LogP contribution < -0.4 is 15.7 Å². The molecule has 1 aromatic rings. The molecule has 1 aliphatic rings. The maximum absolute atomic E-state index is 10.8. The van der Waals surface area contributed by atoms with E-state index in [1.165, 1.54) is 45.3 Å². The second-order valence-electron chi connectivity index (χ2n) is 5.12. The highest BCUT2D eigenvalue weighted by atomic mass is 16.4. The van der Waals surface area contributed by atoms with Crippen molar-refractivity contribution in [3.8, 4) is 0 Å². The molecule has 0 saturated carbocycles. The molecule has 21 heavy (non-hydrogen) atoms. The Labute approximate surface area is 125 Å². The highest BCUT2D eigenvalue weighted by molar-refractivity contribution is 5.91. The van der Waals surface area contributed by atoms with E-state index in [9.17, 15) is 14.7 Å². The first-order chi connectivity index (χ1) is 10.0. The van der Waals surface area contributed by atoms with Gasteiger partial charge >= 0.3 is 0 Å². The smallest absolute Gasteiger partial charge is 0.221 e. The van der Waals surface area contributed by atoms with Gasteiger partial charge in [-0.15, -0.1) is 0 Å². The molecule has 0 bridgehead atoms. The first-order valence-corrected chi connectivity index (χ1v) is 7.48. The van der Waals surface area contributed by atoms with Gasteiger partial charge in [0.05, 0.1) is 19.1 Å². The van der Waals surface area contributed by atoms with E-state index < -0.39 is 5.97 Å². The Morgan fingerprint density at radius 3 is 2.29 bits per heavy atom. The molecule has 116 valence electrons. The first kappa shape index (κ1) is 17.2. The van der Waals surface area contributed by atoms with E-state index in [-0.39, 0.29) is 11.5 Å². The summed E-state index contributed by atoms with van der Waals surface area (Å²) < 4.78 is 0. The number of amides is 1. The predicted octanol–water partition coefficient (Wildman–Crippen LogP) is 0.305. The van der Waals surface area contributed by atoms with Crippen molar-refractivity contribution in [2.45, 2.75) is 39.5 Å². The molecule has 1 saturated heterocycles. The predicted molar refractivity (Wildman–Crippen MR) is 80.0 cm³/mol. The summed E-state index contributed by atoms with van der Waals surface area (Å²) >= 11 is 0. The summed E-state index contributed by atoms with van der Waals surface area (Å²) in [5.74, 6) is -1.38. The topological polar surface area (TPSA) is 85.8 Å². The van der Waals surface area contributed by atoms with Crippen molar-refractivity contribution in [1.82, 2.24) is 0 Å². The van der Waals surface area contributed by atoms with Gasteiger partial charge in [0.2, 0.25) is 5.91 Å². The zero-order valence-electron chi connectivity index (χ0n) is 12.8. The molecule has 1 fully saturated rings. The summed E-state index contributed by atoms with van der Waals surface area (Å²) in [6.45, 7) is 6.00. The maximum atomic E-state index is 10.8. The largest absolute Gasteiger partial charge is 0.545 e. The molecule has 2 rings (SSSR count). The van der Waals surface area contributed by atoms with Gasteiger partial charge in [-0.05, 0) is 43.4 Å². The van der Waals surface area contributed by atoms with Crippen molar-refractivity contribution in [1.29, 1.82) is 0 Å². The van der Waals surface area contributed by atoms with Crippen LogP contribution in [0.15, 0.2) is 18.2 Å². The Hall–Kier alpha value is -1.88. The van der Waals surface area contributed by atoms with Crippen molar-refractivity contribution in [3.63, 3.8) is 0 Å². The molecule has 1 amide bonds. The van der Waals surface area contributed by atoms with Crippen molar-refractivity contribution in [2.75, 3.05) is 18.4 Å². The number of hydrogen-bond donors (Lipinski definition) is 2. The van der Waals surface area contributed by atoms with Crippen molar-refractivity contribution in [3.05, 3.63) is 29.3 Å². The first-order valence-electron chi connectivity index (χ1n) is 7.48. The van der Waals surface area contributed by atoms with Crippen molar-refractivity contribution in [2.24, 2.45) is 0 Å². The van der Waals surface area contributed by atoms with Crippen molar-refractivity contribution >= 4 is 17.6 Å². The Bertz CT molecular complexity index is 471. The lowest BCUT2D eigenvalue weighted by Crippen LogP contribution is -2.85. The average molecular weight is 292 g/mol. The van der Waals surface area contributed by atoms with E-state index in [1.54, 1.807) is 12.1 Å². The molecule has 0 aromatic heterocycles. The lowest BCUT2D eigenvalue weighted by molar-refractivity contribution is -0.662. The molecular weight excluding hydrogens is 268 g/mol. The number of aryl methyl sites for hydroxylation is 1. The minimum Gasteiger partial charge on any atom is -0.545 e. The van der Waals surface area contributed by atoms with Gasteiger partial charge in [-0.2, -0.15) is 0 Å². The minimum absolute atomic E-state index is 0.173. The highest BCUT2D eigenvalue weighted by Crippen LogP contribution is 2.16. The summed E-state index contributed by atoms with van der Waals surface area (Å²) in [5.41, 5.74) is 1.43. The maximum Gasteiger partial charge on any atom is 0.221 e. The normalized spacial score (nSPS) is 13.8. The summed E-state index contributed by atoms with van der Waals surface area (Å²) in [7, 11) is 0. The molecule has 1 aliphatic heterocycles. The number of aromatic carboxylic acids is 1. The number of piperidine rings is 1. The van der Waals surface area contributed by atoms with Gasteiger partial charge in [-0.1, -0.05) is 13.0 Å². The molecule has 0 atom stereocenters. The molecule has 0 aliphatic carbocycles. The van der Waals surface area contributed by atoms with Gasteiger partial charge in [-0.3, -0.25) is 4.79 Å². The van der Waals surface area contributed by atoms with Crippen LogP contribution in [0.25, 0.3) is 0 Å². The Balaban J connectivity index is 0.000000304. The number of carbonyl (C=O) groups excluding carboxylic acids is 2. The van der Waals surface area contributed by atoms with Gasteiger partial charge in [-0.25, -0.2) is 0 Å².